The molecule has 78 valence electrons. The van der Waals surface area contributed by atoms with E-state index < -0.39 is 26.6 Å². The van der Waals surface area contributed by atoms with E-state index >= 15 is 0 Å². The van der Waals surface area contributed by atoms with Crippen molar-refractivity contribution in [3.63, 3.8) is 0 Å². The molecule has 0 amide bonds. The molecule has 1 rings (SSSR count). The van der Waals surface area contributed by atoms with Gasteiger partial charge >= 0.3 is 0 Å². The summed E-state index contributed by atoms with van der Waals surface area (Å²) in [5, 5.41) is 4.72. The van der Waals surface area contributed by atoms with Crippen molar-refractivity contribution >= 4 is 10.0 Å². The van der Waals surface area contributed by atoms with E-state index in [0.29, 0.717) is 0 Å². The molecule has 0 fully saturated rings. The lowest BCUT2D eigenvalue weighted by Crippen LogP contribution is -2.13. The van der Waals surface area contributed by atoms with Gasteiger partial charge in [0.05, 0.1) is 4.90 Å². The highest BCUT2D eigenvalue weighted by Crippen LogP contribution is 2.18. The van der Waals surface area contributed by atoms with Crippen LogP contribution in [0.25, 0.3) is 0 Å². The molecule has 2 N–H and O–H groups in total. The summed E-state index contributed by atoms with van der Waals surface area (Å²) in [6.07, 6.45) is 0.155. The molecule has 0 heterocycles. The first-order valence-corrected chi connectivity index (χ1v) is 5.41. The van der Waals surface area contributed by atoms with Crippen molar-refractivity contribution in [1.29, 1.82) is 0 Å². The number of hydrogen-bond acceptors (Lipinski definition) is 2. The molecular weight excluding hydrogens is 212 g/mol. The zero-order valence-electron chi connectivity index (χ0n) is 7.42. The van der Waals surface area contributed by atoms with E-state index in [-0.39, 0.29) is 12.0 Å². The van der Waals surface area contributed by atoms with Crippen LogP contribution in [0.1, 0.15) is 12.5 Å². The predicted molar refractivity (Wildman–Crippen MR) is 47.1 cm³/mol. The van der Waals surface area contributed by atoms with Gasteiger partial charge in [-0.15, -0.1) is 0 Å². The van der Waals surface area contributed by atoms with Crippen LogP contribution in [0.2, 0.25) is 0 Å². The number of sulfonamides is 1. The topological polar surface area (TPSA) is 60.2 Å². The first kappa shape index (κ1) is 11.1. The molecular formula is C8H9F2NO2S. The summed E-state index contributed by atoms with van der Waals surface area (Å²) in [6, 6.07) is 1.44. The van der Waals surface area contributed by atoms with Crippen LogP contribution in [-0.2, 0) is 16.4 Å². The van der Waals surface area contributed by atoms with Crippen LogP contribution in [0.3, 0.4) is 0 Å². The van der Waals surface area contributed by atoms with E-state index in [2.05, 4.69) is 0 Å². The average molecular weight is 221 g/mol. The summed E-state index contributed by atoms with van der Waals surface area (Å²) in [5.74, 6) is -1.78. The molecule has 0 aliphatic heterocycles. The van der Waals surface area contributed by atoms with E-state index in [1.807, 2.05) is 0 Å². The first-order valence-electron chi connectivity index (χ1n) is 3.87. The highest BCUT2D eigenvalue weighted by molar-refractivity contribution is 7.89. The van der Waals surface area contributed by atoms with E-state index in [1.54, 1.807) is 6.92 Å². The van der Waals surface area contributed by atoms with Gasteiger partial charge in [-0.3, -0.25) is 0 Å². The fraction of sp³-hybridized carbons (Fsp3) is 0.250. The van der Waals surface area contributed by atoms with E-state index in [4.69, 9.17) is 5.14 Å². The minimum absolute atomic E-state index is 0.141. The lowest BCUT2D eigenvalue weighted by molar-refractivity contribution is 0.547. The zero-order valence-corrected chi connectivity index (χ0v) is 8.24. The van der Waals surface area contributed by atoms with Gasteiger partial charge in [0.1, 0.15) is 11.6 Å². The summed E-state index contributed by atoms with van der Waals surface area (Å²) in [5.41, 5.74) is -0.141. The molecule has 3 nitrogen and oxygen atoms in total. The van der Waals surface area contributed by atoms with Gasteiger partial charge in [-0.05, 0) is 18.6 Å². The first-order chi connectivity index (χ1) is 6.36. The average Bonchev–Trinajstić information content (AvgIpc) is 2.01. The highest BCUT2D eigenvalue weighted by Gasteiger charge is 2.15. The predicted octanol–water partition coefficient (Wildman–Crippen LogP) is 1.17. The van der Waals surface area contributed by atoms with Crippen molar-refractivity contribution in [3.05, 3.63) is 29.3 Å². The number of primary sulfonamides is 1. The molecule has 0 unspecified atom stereocenters. The van der Waals surface area contributed by atoms with Gasteiger partial charge in [0.15, 0.2) is 0 Å². The van der Waals surface area contributed by atoms with Crippen LogP contribution in [0.4, 0.5) is 8.78 Å². The largest absolute Gasteiger partial charge is 0.238 e. The maximum absolute atomic E-state index is 13.1. The summed E-state index contributed by atoms with van der Waals surface area (Å²) in [6.45, 7) is 1.57. The molecule has 14 heavy (non-hydrogen) atoms. The molecule has 0 aliphatic carbocycles. The third kappa shape index (κ3) is 2.08. The SMILES string of the molecule is CCc1c(F)cc(S(N)(=O)=O)cc1F. The zero-order chi connectivity index (χ0) is 10.9. The lowest BCUT2D eigenvalue weighted by Gasteiger charge is -2.04. The fourth-order valence-electron chi connectivity index (χ4n) is 1.08. The Labute approximate surface area is 80.6 Å². The van der Waals surface area contributed by atoms with Crippen LogP contribution < -0.4 is 5.14 Å². The van der Waals surface area contributed by atoms with Crippen LogP contribution in [-0.4, -0.2) is 8.42 Å². The third-order valence-electron chi connectivity index (χ3n) is 1.80. The Morgan fingerprint density at radius 1 is 1.29 bits per heavy atom. The summed E-state index contributed by atoms with van der Waals surface area (Å²) >= 11 is 0. The Kier molecular flexibility index (Phi) is 2.86. The third-order valence-corrected chi connectivity index (χ3v) is 2.69. The Hall–Kier alpha value is -1.01. The molecule has 0 atom stereocenters. The second-order valence-electron chi connectivity index (χ2n) is 2.76. The number of rotatable bonds is 2. The molecule has 0 saturated carbocycles. The molecule has 0 aromatic heterocycles. The maximum atomic E-state index is 13.1. The second-order valence-corrected chi connectivity index (χ2v) is 4.33. The molecule has 0 bridgehead atoms. The minimum Gasteiger partial charge on any atom is -0.225 e. The number of halogens is 2. The van der Waals surface area contributed by atoms with Gasteiger partial charge in [0.2, 0.25) is 10.0 Å². The Balaban J connectivity index is 3.43. The molecule has 1 aromatic carbocycles. The van der Waals surface area contributed by atoms with Crippen molar-refractivity contribution in [1.82, 2.24) is 0 Å². The fourth-order valence-corrected chi connectivity index (χ4v) is 1.62. The van der Waals surface area contributed by atoms with Crippen LogP contribution in [0.15, 0.2) is 17.0 Å². The van der Waals surface area contributed by atoms with E-state index in [9.17, 15) is 17.2 Å². The van der Waals surface area contributed by atoms with Gasteiger partial charge < -0.3 is 0 Å². The van der Waals surface area contributed by atoms with Gasteiger partial charge in [0, 0.05) is 5.56 Å². The van der Waals surface area contributed by atoms with Crippen LogP contribution in [0.5, 0.6) is 0 Å². The summed E-state index contributed by atoms with van der Waals surface area (Å²) in [4.78, 5) is -0.551. The number of hydrogen-bond donors (Lipinski definition) is 1. The Bertz CT molecular complexity index is 433. The van der Waals surface area contributed by atoms with Gasteiger partial charge in [-0.25, -0.2) is 22.3 Å². The van der Waals surface area contributed by atoms with E-state index in [0.717, 1.165) is 12.1 Å². The van der Waals surface area contributed by atoms with Crippen molar-refractivity contribution in [2.75, 3.05) is 0 Å². The molecule has 0 spiro atoms. The molecule has 0 aliphatic rings. The van der Waals surface area contributed by atoms with Gasteiger partial charge in [-0.2, -0.15) is 0 Å². The summed E-state index contributed by atoms with van der Waals surface area (Å²) < 4.78 is 47.7. The Morgan fingerprint density at radius 2 is 1.71 bits per heavy atom. The van der Waals surface area contributed by atoms with Crippen molar-refractivity contribution in [2.24, 2.45) is 5.14 Å². The molecule has 1 aromatic rings. The number of nitrogens with two attached hydrogens (primary N) is 1. The lowest BCUT2D eigenvalue weighted by atomic mass is 10.1. The smallest absolute Gasteiger partial charge is 0.225 e. The molecule has 6 heteroatoms. The molecule has 0 radical (unpaired) electrons. The second kappa shape index (κ2) is 3.62. The standard InChI is InChI=1S/C8H9F2NO2S/c1-2-6-7(9)3-5(4-8(6)10)14(11,12)13/h3-4H,2H2,1H3,(H2,11,12,13). The normalized spacial score (nSPS) is 11.7. The van der Waals surface area contributed by atoms with E-state index in [1.165, 1.54) is 0 Å². The Morgan fingerprint density at radius 3 is 2.00 bits per heavy atom. The monoisotopic (exact) mass is 221 g/mol. The van der Waals surface area contributed by atoms with Crippen LogP contribution in [0, 0.1) is 11.6 Å². The highest BCUT2D eigenvalue weighted by atomic mass is 32.2. The van der Waals surface area contributed by atoms with Crippen molar-refractivity contribution in [2.45, 2.75) is 18.2 Å². The van der Waals surface area contributed by atoms with Crippen molar-refractivity contribution < 1.29 is 17.2 Å². The minimum atomic E-state index is -4.05. The van der Waals surface area contributed by atoms with Crippen LogP contribution >= 0.6 is 0 Å². The number of benzene rings is 1. The maximum Gasteiger partial charge on any atom is 0.238 e. The van der Waals surface area contributed by atoms with Crippen molar-refractivity contribution in [3.8, 4) is 0 Å². The van der Waals surface area contributed by atoms with Gasteiger partial charge in [0.25, 0.3) is 0 Å². The molecule has 0 saturated heterocycles. The quantitative estimate of drug-likeness (QED) is 0.815. The van der Waals surface area contributed by atoms with Gasteiger partial charge in [-0.1, -0.05) is 6.92 Å². The summed E-state index contributed by atoms with van der Waals surface area (Å²) in [7, 11) is -4.05.